The van der Waals surface area contributed by atoms with Gasteiger partial charge in [0.15, 0.2) is 0 Å². The van der Waals surface area contributed by atoms with Crippen LogP contribution in [0.1, 0.15) is 201 Å². The molecule has 0 bridgehead atoms. The molecule has 2 nitrogen and oxygen atoms in total. The monoisotopic (exact) mass is 524 g/mol. The highest BCUT2D eigenvalue weighted by Gasteiger charge is 2.25. The molecule has 0 saturated carbocycles. The summed E-state index contributed by atoms with van der Waals surface area (Å²) in [5.41, 5.74) is 0. The van der Waals surface area contributed by atoms with Gasteiger partial charge in [-0.05, 0) is 51.5 Å². The van der Waals surface area contributed by atoms with Gasteiger partial charge in [0.1, 0.15) is 0 Å². The summed E-state index contributed by atoms with van der Waals surface area (Å²) in [6, 6.07) is 1.57. The molecule has 0 aliphatic rings. The molecule has 0 radical (unpaired) electrons. The Balaban J connectivity index is 5.38. The highest BCUT2D eigenvalue weighted by molar-refractivity contribution is 4.81. The lowest BCUT2D eigenvalue weighted by Gasteiger charge is -2.39. The lowest BCUT2D eigenvalue weighted by atomic mass is 9.93. The summed E-state index contributed by atoms with van der Waals surface area (Å²) in [6.45, 7) is 11.0. The predicted molar refractivity (Wildman–Crippen MR) is 169 cm³/mol. The van der Waals surface area contributed by atoms with Crippen molar-refractivity contribution >= 4 is 0 Å². The van der Waals surface area contributed by atoms with Gasteiger partial charge in [-0.1, -0.05) is 156 Å². The zero-order valence-corrected chi connectivity index (χ0v) is 26.6. The molecule has 0 aliphatic carbocycles. The largest absolute Gasteiger partial charge is 0.396 e. The van der Waals surface area contributed by atoms with Crippen molar-refractivity contribution < 1.29 is 5.11 Å². The molecule has 0 unspecified atom stereocenters. The molecule has 0 atom stereocenters. The highest BCUT2D eigenvalue weighted by atomic mass is 16.2. The Morgan fingerprint density at radius 1 is 0.378 bits per heavy atom. The maximum absolute atomic E-state index is 9.38. The minimum Gasteiger partial charge on any atom is -0.396 e. The van der Waals surface area contributed by atoms with Crippen LogP contribution in [0.5, 0.6) is 0 Å². The zero-order valence-electron chi connectivity index (χ0n) is 26.6. The number of unbranched alkanes of at least 4 members (excludes halogenated alkanes) is 18. The normalized spacial score (nSPS) is 12.0. The van der Waals surface area contributed by atoms with Crippen LogP contribution in [-0.2, 0) is 0 Å². The fraction of sp³-hybridized carbons (Fsp3) is 1.00. The molecule has 0 heterocycles. The average Bonchev–Trinajstić information content (AvgIpc) is 2.91. The first-order chi connectivity index (χ1) is 18.2. The Morgan fingerprint density at radius 2 is 0.676 bits per heavy atom. The van der Waals surface area contributed by atoms with Crippen LogP contribution in [0.3, 0.4) is 0 Å². The van der Waals surface area contributed by atoms with Gasteiger partial charge in [0.05, 0.1) is 0 Å². The molecule has 0 aliphatic heterocycles. The van der Waals surface area contributed by atoms with E-state index in [1.165, 1.54) is 173 Å². The molecule has 2 heteroatoms. The van der Waals surface area contributed by atoms with Crippen LogP contribution in [0.2, 0.25) is 0 Å². The van der Waals surface area contributed by atoms with E-state index in [4.69, 9.17) is 0 Å². The van der Waals surface area contributed by atoms with Gasteiger partial charge in [0.2, 0.25) is 0 Å². The van der Waals surface area contributed by atoms with E-state index in [1.54, 1.807) is 0 Å². The third-order valence-electron chi connectivity index (χ3n) is 8.58. The Labute approximate surface area is 236 Å². The van der Waals surface area contributed by atoms with E-state index in [-0.39, 0.29) is 0 Å². The van der Waals surface area contributed by atoms with E-state index in [1.807, 2.05) is 0 Å². The van der Waals surface area contributed by atoms with Crippen LogP contribution in [0.25, 0.3) is 0 Å². The quantitative estimate of drug-likeness (QED) is 0.0913. The molecule has 0 rings (SSSR count). The third-order valence-corrected chi connectivity index (χ3v) is 8.58. The van der Waals surface area contributed by atoms with Crippen LogP contribution in [0.4, 0.5) is 0 Å². The van der Waals surface area contributed by atoms with Crippen molar-refractivity contribution in [2.45, 2.75) is 213 Å². The van der Waals surface area contributed by atoms with Gasteiger partial charge in [-0.15, -0.1) is 0 Å². The highest BCUT2D eigenvalue weighted by Crippen LogP contribution is 2.27. The van der Waals surface area contributed by atoms with E-state index >= 15 is 0 Å². The number of hydrogen-bond donors (Lipinski definition) is 1. The molecule has 0 spiro atoms. The van der Waals surface area contributed by atoms with Gasteiger partial charge in [0.25, 0.3) is 0 Å². The molecule has 0 saturated heterocycles. The summed E-state index contributed by atoms with van der Waals surface area (Å²) < 4.78 is 0. The zero-order chi connectivity index (χ0) is 27.2. The lowest BCUT2D eigenvalue weighted by molar-refractivity contribution is 0.0953. The predicted octanol–water partition coefficient (Wildman–Crippen LogP) is 11.6. The summed E-state index contributed by atoms with van der Waals surface area (Å²) in [4.78, 5) is 3.05. The van der Waals surface area contributed by atoms with Gasteiger partial charge in [-0.25, -0.2) is 0 Å². The van der Waals surface area contributed by atoms with Gasteiger partial charge >= 0.3 is 0 Å². The fourth-order valence-corrected chi connectivity index (χ4v) is 6.13. The van der Waals surface area contributed by atoms with Crippen LogP contribution in [0.15, 0.2) is 0 Å². The summed E-state index contributed by atoms with van der Waals surface area (Å²) >= 11 is 0. The van der Waals surface area contributed by atoms with E-state index in [9.17, 15) is 5.11 Å². The molecule has 0 aromatic rings. The SMILES string of the molecule is CCCCCCCC(CCCCCCC)N(CCCCCO)C(CCCCCCC)CCCCCCC. The molecule has 224 valence electrons. The standard InChI is InChI=1S/C35H73NO/c1-5-9-13-17-22-28-34(29-23-18-14-10-6-2)36(32-26-21-27-33-37)35(30-24-19-15-11-7-3)31-25-20-16-12-8-4/h34-35,37H,5-33H2,1-4H3. The second kappa shape index (κ2) is 30.5. The van der Waals surface area contributed by atoms with E-state index in [0.717, 1.165) is 18.5 Å². The number of nitrogens with zero attached hydrogens (tertiary/aromatic N) is 1. The van der Waals surface area contributed by atoms with Crippen LogP contribution in [-0.4, -0.2) is 35.2 Å². The molecule has 0 fully saturated rings. The minimum atomic E-state index is 0.358. The summed E-state index contributed by atoms with van der Waals surface area (Å²) in [5, 5.41) is 9.38. The lowest BCUT2D eigenvalue weighted by Crippen LogP contribution is -2.44. The average molecular weight is 524 g/mol. The van der Waals surface area contributed by atoms with Crippen molar-refractivity contribution in [1.82, 2.24) is 4.90 Å². The van der Waals surface area contributed by atoms with Crippen LogP contribution >= 0.6 is 0 Å². The Hall–Kier alpha value is -0.0800. The fourth-order valence-electron chi connectivity index (χ4n) is 6.13. The summed E-state index contributed by atoms with van der Waals surface area (Å²) in [6.07, 6.45) is 37.2. The van der Waals surface area contributed by atoms with Crippen molar-refractivity contribution in [3.63, 3.8) is 0 Å². The van der Waals surface area contributed by atoms with Crippen molar-refractivity contribution in [3.8, 4) is 0 Å². The Bertz CT molecular complexity index is 352. The first kappa shape index (κ1) is 36.9. The second-order valence-corrected chi connectivity index (χ2v) is 12.1. The van der Waals surface area contributed by atoms with Gasteiger partial charge in [0, 0.05) is 18.7 Å². The Kier molecular flexibility index (Phi) is 30.4. The van der Waals surface area contributed by atoms with Gasteiger partial charge in [-0.2, -0.15) is 0 Å². The van der Waals surface area contributed by atoms with Gasteiger partial charge < -0.3 is 5.11 Å². The minimum absolute atomic E-state index is 0.358. The first-order valence-corrected chi connectivity index (χ1v) is 17.6. The van der Waals surface area contributed by atoms with E-state index < -0.39 is 0 Å². The molecule has 0 aromatic heterocycles. The summed E-state index contributed by atoms with van der Waals surface area (Å²) in [5.74, 6) is 0. The van der Waals surface area contributed by atoms with Crippen LogP contribution < -0.4 is 0 Å². The smallest absolute Gasteiger partial charge is 0.0431 e. The summed E-state index contributed by atoms with van der Waals surface area (Å²) in [7, 11) is 0. The maximum atomic E-state index is 9.38. The number of rotatable bonds is 31. The van der Waals surface area contributed by atoms with Crippen molar-refractivity contribution in [2.75, 3.05) is 13.2 Å². The number of aliphatic hydroxyl groups is 1. The first-order valence-electron chi connectivity index (χ1n) is 17.6. The number of aliphatic hydroxyl groups excluding tert-OH is 1. The van der Waals surface area contributed by atoms with Crippen LogP contribution in [0, 0.1) is 0 Å². The van der Waals surface area contributed by atoms with Crippen molar-refractivity contribution in [1.29, 1.82) is 0 Å². The molecule has 37 heavy (non-hydrogen) atoms. The van der Waals surface area contributed by atoms with Crippen molar-refractivity contribution in [2.24, 2.45) is 0 Å². The third kappa shape index (κ3) is 23.5. The second-order valence-electron chi connectivity index (χ2n) is 12.1. The van der Waals surface area contributed by atoms with Gasteiger partial charge in [-0.3, -0.25) is 4.90 Å². The van der Waals surface area contributed by atoms with Crippen molar-refractivity contribution in [3.05, 3.63) is 0 Å². The molecular weight excluding hydrogens is 450 g/mol. The topological polar surface area (TPSA) is 23.5 Å². The number of hydrogen-bond acceptors (Lipinski definition) is 2. The molecule has 0 amide bonds. The Morgan fingerprint density at radius 3 is 0.973 bits per heavy atom. The van der Waals surface area contributed by atoms with E-state index in [0.29, 0.717) is 6.61 Å². The molecule has 1 N–H and O–H groups in total. The molecular formula is C35H73NO. The van der Waals surface area contributed by atoms with E-state index in [2.05, 4.69) is 32.6 Å². The molecule has 0 aromatic carbocycles. The maximum Gasteiger partial charge on any atom is 0.0431 e.